The molecule has 5 aliphatic heterocycles. The molecule has 5 heterocycles. The van der Waals surface area contributed by atoms with Gasteiger partial charge in [0.05, 0.1) is 47.6 Å². The van der Waals surface area contributed by atoms with Gasteiger partial charge in [-0.25, -0.2) is 0 Å². The zero-order valence-corrected chi connectivity index (χ0v) is 25.6. The number of anilines is 1. The van der Waals surface area contributed by atoms with Gasteiger partial charge in [0, 0.05) is 19.0 Å². The van der Waals surface area contributed by atoms with E-state index in [1.165, 1.54) is 9.80 Å². The second kappa shape index (κ2) is 9.48. The van der Waals surface area contributed by atoms with Gasteiger partial charge in [-0.1, -0.05) is 97.1 Å². The van der Waals surface area contributed by atoms with Gasteiger partial charge in [0.25, 0.3) is 5.91 Å². The summed E-state index contributed by atoms with van der Waals surface area (Å²) in [5.41, 5.74) is 1.18. The summed E-state index contributed by atoms with van der Waals surface area (Å²) in [6.45, 7) is 0.174. The largest absolute Gasteiger partial charge is 0.332 e. The van der Waals surface area contributed by atoms with E-state index in [4.69, 9.17) is 0 Å². The Labute approximate surface area is 271 Å². The van der Waals surface area contributed by atoms with Gasteiger partial charge in [0.2, 0.25) is 23.6 Å². The van der Waals surface area contributed by atoms with Crippen LogP contribution >= 0.6 is 0 Å². The van der Waals surface area contributed by atoms with Crippen molar-refractivity contribution in [3.63, 3.8) is 0 Å². The Kier molecular flexibility index (Phi) is 5.59. The SMILES string of the molecule is CN1C(=O)c2ccccc2N2C3([C@H]4CC(=O)N(Cc5ccccc5)C4=O)c4ccccc4C12C1C(=O)N(Cc2ccccc2)C(=O)C13. The number of amides is 5. The van der Waals surface area contributed by atoms with Gasteiger partial charge in [-0.05, 0) is 28.8 Å². The van der Waals surface area contributed by atoms with Gasteiger partial charge in [-0.2, -0.15) is 0 Å². The van der Waals surface area contributed by atoms with E-state index in [0.29, 0.717) is 22.4 Å². The predicted molar refractivity (Wildman–Crippen MR) is 170 cm³/mol. The maximum atomic E-state index is 14.9. The number of para-hydroxylation sites is 1. The van der Waals surface area contributed by atoms with Crippen LogP contribution in [0.2, 0.25) is 0 Å². The predicted octanol–water partition coefficient (Wildman–Crippen LogP) is 4.03. The van der Waals surface area contributed by atoms with Gasteiger partial charge >= 0.3 is 0 Å². The van der Waals surface area contributed by atoms with Crippen LogP contribution in [0.15, 0.2) is 109 Å². The van der Waals surface area contributed by atoms with Gasteiger partial charge in [-0.15, -0.1) is 0 Å². The van der Waals surface area contributed by atoms with Crippen LogP contribution in [0.5, 0.6) is 0 Å². The van der Waals surface area contributed by atoms with Crippen molar-refractivity contribution in [3.05, 3.63) is 137 Å². The quantitative estimate of drug-likeness (QED) is 0.312. The van der Waals surface area contributed by atoms with Crippen molar-refractivity contribution < 1.29 is 24.0 Å². The summed E-state index contributed by atoms with van der Waals surface area (Å²) in [6.07, 6.45) is -0.129. The normalized spacial score (nSPS) is 28.6. The Morgan fingerprint density at radius 3 is 1.85 bits per heavy atom. The van der Waals surface area contributed by atoms with Crippen molar-refractivity contribution in [1.82, 2.24) is 14.7 Å². The number of fused-ring (bicyclic) bond motifs is 5. The van der Waals surface area contributed by atoms with E-state index in [9.17, 15) is 24.0 Å². The minimum atomic E-state index is -1.41. The molecule has 5 amide bonds. The summed E-state index contributed by atoms with van der Waals surface area (Å²) in [5, 5.41) is 0. The topological polar surface area (TPSA) is 98.3 Å². The molecule has 0 aromatic heterocycles. The summed E-state index contributed by atoms with van der Waals surface area (Å²) in [7, 11) is 1.68. The van der Waals surface area contributed by atoms with Crippen LogP contribution in [-0.4, -0.2) is 51.3 Å². The zero-order chi connectivity index (χ0) is 32.2. The number of imide groups is 2. The van der Waals surface area contributed by atoms with E-state index in [2.05, 4.69) is 0 Å². The third-order valence-electron chi connectivity index (χ3n) is 11.1. The van der Waals surface area contributed by atoms with Crippen molar-refractivity contribution >= 4 is 35.2 Å². The summed E-state index contributed by atoms with van der Waals surface area (Å²) >= 11 is 0. The van der Waals surface area contributed by atoms with Crippen molar-refractivity contribution in [1.29, 1.82) is 0 Å². The Morgan fingerprint density at radius 1 is 0.617 bits per heavy atom. The van der Waals surface area contributed by atoms with Gasteiger partial charge < -0.3 is 9.80 Å². The highest BCUT2D eigenvalue weighted by molar-refractivity contribution is 6.14. The number of rotatable bonds is 5. The molecule has 4 aromatic rings. The number of hydrogen-bond acceptors (Lipinski definition) is 6. The number of carbonyl (C=O) groups excluding carboxylic acids is 5. The molecule has 0 radical (unpaired) electrons. The smallest absolute Gasteiger partial charge is 0.257 e. The monoisotopic (exact) mass is 622 g/mol. The summed E-state index contributed by atoms with van der Waals surface area (Å²) in [4.78, 5) is 78.8. The van der Waals surface area contributed by atoms with Crippen LogP contribution in [-0.2, 0) is 43.5 Å². The summed E-state index contributed by atoms with van der Waals surface area (Å²) in [6, 6.07) is 33.4. The van der Waals surface area contributed by atoms with E-state index < -0.39 is 34.9 Å². The van der Waals surface area contributed by atoms with Crippen molar-refractivity contribution in [3.8, 4) is 0 Å². The molecule has 5 atom stereocenters. The second-order valence-corrected chi connectivity index (χ2v) is 13.1. The lowest BCUT2D eigenvalue weighted by molar-refractivity contribution is -0.143. The summed E-state index contributed by atoms with van der Waals surface area (Å²) < 4.78 is 0. The molecule has 3 saturated heterocycles. The first-order chi connectivity index (χ1) is 22.8. The molecule has 4 unspecified atom stereocenters. The first-order valence-corrected chi connectivity index (χ1v) is 15.9. The van der Waals surface area contributed by atoms with E-state index in [1.807, 2.05) is 102 Å². The second-order valence-electron chi connectivity index (χ2n) is 13.1. The lowest BCUT2D eigenvalue weighted by atomic mass is 9.62. The zero-order valence-electron chi connectivity index (χ0n) is 25.6. The third-order valence-corrected chi connectivity index (χ3v) is 11.1. The van der Waals surface area contributed by atoms with Gasteiger partial charge in [0.15, 0.2) is 5.66 Å². The van der Waals surface area contributed by atoms with E-state index in [0.717, 1.165) is 11.1 Å². The number of likely N-dealkylation sites (tertiary alicyclic amines) is 2. The lowest BCUT2D eigenvalue weighted by Crippen LogP contribution is -2.64. The van der Waals surface area contributed by atoms with Gasteiger partial charge in [-0.3, -0.25) is 33.8 Å². The fraction of sp³-hybridized carbons (Fsp3) is 0.237. The molecule has 0 saturated carbocycles. The lowest BCUT2D eigenvalue weighted by Gasteiger charge is -2.52. The highest BCUT2D eigenvalue weighted by Gasteiger charge is 2.85. The van der Waals surface area contributed by atoms with E-state index in [1.54, 1.807) is 24.1 Å². The molecule has 0 N–H and O–H groups in total. The number of nitrogens with zero attached hydrogens (tertiary/aromatic N) is 4. The highest BCUT2D eigenvalue weighted by Crippen LogP contribution is 2.74. The fourth-order valence-electron chi connectivity index (χ4n) is 9.41. The Hall–Kier alpha value is -5.57. The van der Waals surface area contributed by atoms with Crippen LogP contribution in [0, 0.1) is 17.8 Å². The number of benzene rings is 4. The maximum absolute atomic E-state index is 14.9. The standard InChI is InChI=1S/C38H30N4O5/c1-39-33(44)25-16-8-11-19-29(25)42-37(28-20-30(43)40(34(28)45)21-23-12-4-2-5-13-23)26-17-9-10-18-27(26)38(39,42)32-31(37)35(46)41(36(32)47)22-24-14-6-3-7-15-24/h2-19,28,31-32H,20-22H2,1H3/t28-,31?,32?,37?,38?/m0/s1. The summed E-state index contributed by atoms with van der Waals surface area (Å²) in [5.74, 6) is -4.78. The molecular weight excluding hydrogens is 592 g/mol. The molecular formula is C38H30N4O5. The average molecular weight is 623 g/mol. The Morgan fingerprint density at radius 2 is 1.17 bits per heavy atom. The first-order valence-electron chi connectivity index (χ1n) is 15.9. The molecule has 0 spiro atoms. The highest BCUT2D eigenvalue weighted by atomic mass is 16.2. The van der Waals surface area contributed by atoms with Gasteiger partial charge in [0.1, 0.15) is 0 Å². The molecule has 232 valence electrons. The molecule has 0 aliphatic carbocycles. The molecule has 9 nitrogen and oxygen atoms in total. The van der Waals surface area contributed by atoms with Crippen molar-refractivity contribution in [2.45, 2.75) is 30.7 Å². The molecule has 5 aliphatic rings. The number of carbonyl (C=O) groups is 5. The van der Waals surface area contributed by atoms with Crippen LogP contribution in [0.1, 0.15) is 39.0 Å². The molecule has 3 fully saturated rings. The molecule has 47 heavy (non-hydrogen) atoms. The fourth-order valence-corrected chi connectivity index (χ4v) is 9.41. The van der Waals surface area contributed by atoms with Crippen LogP contribution in [0.25, 0.3) is 0 Å². The average Bonchev–Trinajstić information content (AvgIpc) is 3.74. The van der Waals surface area contributed by atoms with Crippen molar-refractivity contribution in [2.24, 2.45) is 17.8 Å². The van der Waals surface area contributed by atoms with E-state index >= 15 is 0 Å². The Bertz CT molecular complexity index is 2050. The number of hydrogen-bond donors (Lipinski definition) is 0. The van der Waals surface area contributed by atoms with Crippen molar-refractivity contribution in [2.75, 3.05) is 11.9 Å². The first kappa shape index (κ1) is 27.7. The third kappa shape index (κ3) is 3.21. The molecule has 9 rings (SSSR count). The molecule has 4 aromatic carbocycles. The Balaban J connectivity index is 1.30. The van der Waals surface area contributed by atoms with Crippen LogP contribution < -0.4 is 4.90 Å². The van der Waals surface area contributed by atoms with Crippen LogP contribution in [0.3, 0.4) is 0 Å². The minimum absolute atomic E-state index is 0.0694. The maximum Gasteiger partial charge on any atom is 0.257 e. The van der Waals surface area contributed by atoms with E-state index in [-0.39, 0.29) is 43.1 Å². The minimum Gasteiger partial charge on any atom is -0.332 e. The molecule has 9 heteroatoms. The van der Waals surface area contributed by atoms with Crippen LogP contribution in [0.4, 0.5) is 5.69 Å². The molecule has 2 bridgehead atoms.